The van der Waals surface area contributed by atoms with Gasteiger partial charge in [-0.25, -0.2) is 0 Å². The molecule has 0 bridgehead atoms. The van der Waals surface area contributed by atoms with Crippen molar-refractivity contribution in [1.82, 2.24) is 10.1 Å². The van der Waals surface area contributed by atoms with Crippen LogP contribution < -0.4 is 4.74 Å². The average Bonchev–Trinajstić information content (AvgIpc) is 3.07. The molecular weight excluding hydrogens is 380 g/mol. The van der Waals surface area contributed by atoms with Crippen LogP contribution in [0.2, 0.25) is 5.02 Å². The summed E-state index contributed by atoms with van der Waals surface area (Å²) >= 11 is 6.20. The molecule has 28 heavy (non-hydrogen) atoms. The number of aryl methyl sites for hydroxylation is 3. The summed E-state index contributed by atoms with van der Waals surface area (Å²) < 4.78 is 11.0. The molecule has 1 fully saturated rings. The highest BCUT2D eigenvalue weighted by Gasteiger charge is 2.33. The SMILES string of the molecule is CCc1cc(C(=O)N2CCCC(O)(COc3cc(C)c(Cl)c(C)c3)CC2)no1. The highest BCUT2D eigenvalue weighted by Crippen LogP contribution is 2.28. The van der Waals surface area contributed by atoms with Crippen molar-refractivity contribution in [2.24, 2.45) is 0 Å². The summed E-state index contributed by atoms with van der Waals surface area (Å²) in [5.41, 5.74) is 1.24. The topological polar surface area (TPSA) is 75.8 Å². The van der Waals surface area contributed by atoms with E-state index in [1.807, 2.05) is 32.9 Å². The van der Waals surface area contributed by atoms with Gasteiger partial charge in [0.05, 0.1) is 0 Å². The Morgan fingerprint density at radius 3 is 2.64 bits per heavy atom. The average molecular weight is 407 g/mol. The minimum atomic E-state index is -0.977. The predicted octanol–water partition coefficient (Wildman–Crippen LogP) is 3.94. The minimum Gasteiger partial charge on any atom is -0.491 e. The van der Waals surface area contributed by atoms with Crippen molar-refractivity contribution in [3.05, 3.63) is 45.8 Å². The number of likely N-dealkylation sites (tertiary alicyclic amines) is 1. The van der Waals surface area contributed by atoms with Gasteiger partial charge in [0.15, 0.2) is 5.69 Å². The van der Waals surface area contributed by atoms with Crippen molar-refractivity contribution in [3.8, 4) is 5.75 Å². The van der Waals surface area contributed by atoms with Gasteiger partial charge in [0, 0.05) is 30.6 Å². The maximum atomic E-state index is 12.7. The zero-order valence-corrected chi connectivity index (χ0v) is 17.4. The molecule has 1 aliphatic rings. The van der Waals surface area contributed by atoms with Crippen LogP contribution in [0, 0.1) is 13.8 Å². The maximum absolute atomic E-state index is 12.7. The van der Waals surface area contributed by atoms with Gasteiger partial charge in [-0.05, 0) is 56.4 Å². The molecule has 6 nitrogen and oxygen atoms in total. The number of benzene rings is 1. The van der Waals surface area contributed by atoms with E-state index in [9.17, 15) is 9.90 Å². The van der Waals surface area contributed by atoms with Gasteiger partial charge >= 0.3 is 0 Å². The molecule has 1 N–H and O–H groups in total. The third-order valence-corrected chi connectivity index (χ3v) is 5.84. The lowest BCUT2D eigenvalue weighted by atomic mass is 9.96. The number of hydrogen-bond acceptors (Lipinski definition) is 5. The molecule has 1 unspecified atom stereocenters. The van der Waals surface area contributed by atoms with Crippen molar-refractivity contribution >= 4 is 17.5 Å². The van der Waals surface area contributed by atoms with E-state index in [0.717, 1.165) is 16.1 Å². The zero-order chi connectivity index (χ0) is 20.3. The lowest BCUT2D eigenvalue weighted by molar-refractivity contribution is -0.0163. The molecular formula is C21H27ClN2O4. The Morgan fingerprint density at radius 2 is 2.00 bits per heavy atom. The molecule has 0 aliphatic carbocycles. The number of aromatic nitrogens is 1. The predicted molar refractivity (Wildman–Crippen MR) is 107 cm³/mol. The second kappa shape index (κ2) is 8.53. The second-order valence-corrected chi connectivity index (χ2v) is 7.94. The molecule has 1 saturated heterocycles. The number of ether oxygens (including phenoxy) is 1. The number of carbonyl (C=O) groups excluding carboxylic acids is 1. The number of amides is 1. The Hall–Kier alpha value is -2.05. The summed E-state index contributed by atoms with van der Waals surface area (Å²) in [4.78, 5) is 14.4. The monoisotopic (exact) mass is 406 g/mol. The fourth-order valence-electron chi connectivity index (χ4n) is 3.48. The molecule has 2 heterocycles. The number of aliphatic hydroxyl groups is 1. The molecule has 0 saturated carbocycles. The van der Waals surface area contributed by atoms with Gasteiger partial charge < -0.3 is 19.3 Å². The summed E-state index contributed by atoms with van der Waals surface area (Å²) in [6.07, 6.45) is 2.41. The summed E-state index contributed by atoms with van der Waals surface area (Å²) in [5, 5.41) is 15.6. The molecule has 3 rings (SSSR count). The summed E-state index contributed by atoms with van der Waals surface area (Å²) in [7, 11) is 0. The Balaban J connectivity index is 1.61. The van der Waals surface area contributed by atoms with Crippen molar-refractivity contribution in [2.45, 2.75) is 52.1 Å². The third kappa shape index (κ3) is 4.67. The second-order valence-electron chi connectivity index (χ2n) is 7.56. The van der Waals surface area contributed by atoms with Crippen LogP contribution in [0.1, 0.15) is 53.6 Å². The Bertz CT molecular complexity index is 828. The normalized spacial score (nSPS) is 20.1. The van der Waals surface area contributed by atoms with E-state index in [-0.39, 0.29) is 12.5 Å². The van der Waals surface area contributed by atoms with Gasteiger partial charge in [0.2, 0.25) is 0 Å². The Kier molecular flexibility index (Phi) is 6.30. The largest absolute Gasteiger partial charge is 0.491 e. The molecule has 1 aromatic heterocycles. The van der Waals surface area contributed by atoms with E-state index >= 15 is 0 Å². The van der Waals surface area contributed by atoms with Gasteiger partial charge in [-0.1, -0.05) is 23.7 Å². The summed E-state index contributed by atoms with van der Waals surface area (Å²) in [5.74, 6) is 1.23. The molecule has 0 spiro atoms. The number of nitrogens with zero attached hydrogens (tertiary/aromatic N) is 2. The molecule has 2 aromatic rings. The molecule has 0 radical (unpaired) electrons. The summed E-state index contributed by atoms with van der Waals surface area (Å²) in [6.45, 7) is 7.02. The first-order valence-electron chi connectivity index (χ1n) is 9.68. The van der Waals surface area contributed by atoms with Crippen LogP contribution in [-0.4, -0.2) is 46.4 Å². The van der Waals surface area contributed by atoms with Crippen LogP contribution >= 0.6 is 11.6 Å². The first kappa shape index (κ1) is 20.7. The maximum Gasteiger partial charge on any atom is 0.276 e. The van der Waals surface area contributed by atoms with Crippen LogP contribution in [-0.2, 0) is 6.42 Å². The van der Waals surface area contributed by atoms with Gasteiger partial charge in [-0.15, -0.1) is 0 Å². The number of rotatable bonds is 5. The first-order chi connectivity index (χ1) is 13.3. The van der Waals surface area contributed by atoms with Crippen molar-refractivity contribution < 1.29 is 19.2 Å². The minimum absolute atomic E-state index is 0.155. The molecule has 1 aliphatic heterocycles. The van der Waals surface area contributed by atoms with Crippen LogP contribution in [0.15, 0.2) is 22.7 Å². The van der Waals surface area contributed by atoms with E-state index in [2.05, 4.69) is 5.16 Å². The number of hydrogen-bond donors (Lipinski definition) is 1. The Morgan fingerprint density at radius 1 is 1.29 bits per heavy atom. The van der Waals surface area contributed by atoms with Gasteiger partial charge in [0.25, 0.3) is 5.91 Å². The van der Waals surface area contributed by atoms with Gasteiger partial charge in [-0.2, -0.15) is 0 Å². The molecule has 152 valence electrons. The van der Waals surface area contributed by atoms with E-state index in [1.165, 1.54) is 0 Å². The van der Waals surface area contributed by atoms with Crippen LogP contribution in [0.4, 0.5) is 0 Å². The lowest BCUT2D eigenvalue weighted by Gasteiger charge is -2.27. The summed E-state index contributed by atoms with van der Waals surface area (Å²) in [6, 6.07) is 5.44. The van der Waals surface area contributed by atoms with Crippen molar-refractivity contribution in [3.63, 3.8) is 0 Å². The fourth-order valence-corrected chi connectivity index (χ4v) is 3.58. The van der Waals surface area contributed by atoms with E-state index in [4.69, 9.17) is 20.9 Å². The van der Waals surface area contributed by atoms with Crippen molar-refractivity contribution in [2.75, 3.05) is 19.7 Å². The van der Waals surface area contributed by atoms with E-state index in [1.54, 1.807) is 11.0 Å². The quantitative estimate of drug-likeness (QED) is 0.813. The number of carbonyl (C=O) groups is 1. The molecule has 7 heteroatoms. The van der Waals surface area contributed by atoms with Crippen molar-refractivity contribution in [1.29, 1.82) is 0 Å². The first-order valence-corrected chi connectivity index (χ1v) is 10.1. The molecule has 1 aromatic carbocycles. The molecule has 1 atom stereocenters. The number of halogens is 1. The van der Waals surface area contributed by atoms with E-state index in [0.29, 0.717) is 56.0 Å². The fraction of sp³-hybridized carbons (Fsp3) is 0.524. The standard InChI is InChI=1S/C21H27ClN2O4/c1-4-16-12-18(23-28-16)20(25)24-8-5-6-21(26,7-9-24)13-27-17-10-14(2)19(22)15(3)11-17/h10-12,26H,4-9,13H2,1-3H3. The zero-order valence-electron chi connectivity index (χ0n) is 16.6. The van der Waals surface area contributed by atoms with Crippen LogP contribution in [0.5, 0.6) is 5.75 Å². The highest BCUT2D eigenvalue weighted by molar-refractivity contribution is 6.32. The Labute approximate surface area is 170 Å². The van der Waals surface area contributed by atoms with Crippen LogP contribution in [0.3, 0.4) is 0 Å². The van der Waals surface area contributed by atoms with Gasteiger partial charge in [0.1, 0.15) is 23.7 Å². The highest BCUT2D eigenvalue weighted by atomic mass is 35.5. The third-order valence-electron chi connectivity index (χ3n) is 5.25. The van der Waals surface area contributed by atoms with Gasteiger partial charge in [-0.3, -0.25) is 4.79 Å². The smallest absolute Gasteiger partial charge is 0.276 e. The van der Waals surface area contributed by atoms with Crippen LogP contribution in [0.25, 0.3) is 0 Å². The molecule has 1 amide bonds. The lowest BCUT2D eigenvalue weighted by Crippen LogP contribution is -2.38. The van der Waals surface area contributed by atoms with E-state index < -0.39 is 5.60 Å².